The molecule has 0 aromatic heterocycles. The van der Waals surface area contributed by atoms with Crippen LogP contribution < -0.4 is 0 Å². The SMILES string of the molecule is CC(C)CC(=O)N(Cc1cccc(F)c1)C[C@H]1CC(c2ccc(Cl)cc2)=NO1. The van der Waals surface area contributed by atoms with E-state index in [4.69, 9.17) is 16.4 Å². The molecule has 148 valence electrons. The Kier molecular flexibility index (Phi) is 6.68. The highest BCUT2D eigenvalue weighted by atomic mass is 35.5. The topological polar surface area (TPSA) is 41.9 Å². The fourth-order valence-corrected chi connectivity index (χ4v) is 3.30. The molecule has 1 aliphatic heterocycles. The molecule has 1 aliphatic rings. The summed E-state index contributed by atoms with van der Waals surface area (Å²) in [6.07, 6.45) is 0.818. The molecule has 0 saturated carbocycles. The van der Waals surface area contributed by atoms with Crippen LogP contribution in [0, 0.1) is 11.7 Å². The van der Waals surface area contributed by atoms with Gasteiger partial charge in [-0.1, -0.05) is 54.9 Å². The van der Waals surface area contributed by atoms with Gasteiger partial charge in [0.2, 0.25) is 5.91 Å². The molecule has 0 radical (unpaired) electrons. The predicted molar refractivity (Wildman–Crippen MR) is 109 cm³/mol. The van der Waals surface area contributed by atoms with Crippen molar-refractivity contribution in [2.45, 2.75) is 39.3 Å². The van der Waals surface area contributed by atoms with Gasteiger partial charge >= 0.3 is 0 Å². The standard InChI is InChI=1S/C22H24ClFN2O2/c1-15(2)10-22(27)26(13-16-4-3-5-19(24)11-16)14-20-12-21(25-28-20)17-6-8-18(23)9-7-17/h3-9,11,15,20H,10,12-14H2,1-2H3/t20-/m1/s1. The second-order valence-corrected chi connectivity index (χ2v) is 7.92. The molecule has 2 aromatic rings. The summed E-state index contributed by atoms with van der Waals surface area (Å²) in [5.41, 5.74) is 2.55. The van der Waals surface area contributed by atoms with E-state index in [2.05, 4.69) is 5.16 Å². The van der Waals surface area contributed by atoms with Gasteiger partial charge < -0.3 is 9.74 Å². The second-order valence-electron chi connectivity index (χ2n) is 7.48. The molecule has 0 spiro atoms. The average molecular weight is 403 g/mol. The monoisotopic (exact) mass is 402 g/mol. The van der Waals surface area contributed by atoms with E-state index < -0.39 is 0 Å². The molecule has 0 N–H and O–H groups in total. The number of halogens is 2. The number of nitrogens with zero attached hydrogens (tertiary/aromatic N) is 2. The van der Waals surface area contributed by atoms with Crippen LogP contribution in [-0.2, 0) is 16.2 Å². The minimum Gasteiger partial charge on any atom is -0.390 e. The number of hydrogen-bond acceptors (Lipinski definition) is 3. The first kappa shape index (κ1) is 20.3. The third kappa shape index (κ3) is 5.55. The van der Waals surface area contributed by atoms with Crippen molar-refractivity contribution in [1.29, 1.82) is 0 Å². The first-order valence-electron chi connectivity index (χ1n) is 9.41. The van der Waals surface area contributed by atoms with Crippen molar-refractivity contribution in [2.24, 2.45) is 11.1 Å². The number of oxime groups is 1. The Bertz CT molecular complexity index is 852. The number of benzene rings is 2. The Morgan fingerprint density at radius 3 is 2.71 bits per heavy atom. The normalized spacial score (nSPS) is 16.0. The quantitative estimate of drug-likeness (QED) is 0.650. The van der Waals surface area contributed by atoms with Crippen LogP contribution in [-0.4, -0.2) is 29.2 Å². The molecule has 4 nitrogen and oxygen atoms in total. The highest BCUT2D eigenvalue weighted by Crippen LogP contribution is 2.21. The van der Waals surface area contributed by atoms with Crippen molar-refractivity contribution in [3.05, 3.63) is 70.5 Å². The van der Waals surface area contributed by atoms with Crippen molar-refractivity contribution in [1.82, 2.24) is 4.90 Å². The first-order chi connectivity index (χ1) is 13.4. The van der Waals surface area contributed by atoms with E-state index in [1.807, 2.05) is 44.2 Å². The van der Waals surface area contributed by atoms with Crippen LogP contribution in [0.5, 0.6) is 0 Å². The smallest absolute Gasteiger partial charge is 0.223 e. The Balaban J connectivity index is 1.67. The Morgan fingerprint density at radius 2 is 2.04 bits per heavy atom. The van der Waals surface area contributed by atoms with Crippen LogP contribution in [0.4, 0.5) is 4.39 Å². The zero-order valence-corrected chi connectivity index (χ0v) is 16.8. The van der Waals surface area contributed by atoms with Crippen LogP contribution >= 0.6 is 11.6 Å². The zero-order valence-electron chi connectivity index (χ0n) is 16.1. The zero-order chi connectivity index (χ0) is 20.1. The van der Waals surface area contributed by atoms with Gasteiger partial charge in [0.25, 0.3) is 0 Å². The number of rotatable bonds is 7. The molecule has 0 saturated heterocycles. The van der Waals surface area contributed by atoms with Gasteiger partial charge in [0.05, 0.1) is 12.3 Å². The van der Waals surface area contributed by atoms with Gasteiger partial charge in [-0.2, -0.15) is 0 Å². The molecule has 0 bridgehead atoms. The molecule has 0 aliphatic carbocycles. The highest BCUT2D eigenvalue weighted by Gasteiger charge is 2.27. The molecule has 3 rings (SSSR count). The summed E-state index contributed by atoms with van der Waals surface area (Å²) in [6.45, 7) is 4.76. The van der Waals surface area contributed by atoms with E-state index in [9.17, 15) is 9.18 Å². The summed E-state index contributed by atoms with van der Waals surface area (Å²) in [4.78, 5) is 20.1. The summed E-state index contributed by atoms with van der Waals surface area (Å²) in [5.74, 6) is -0.0325. The number of amides is 1. The van der Waals surface area contributed by atoms with Crippen molar-refractivity contribution in [2.75, 3.05) is 6.54 Å². The summed E-state index contributed by atoms with van der Waals surface area (Å²) in [7, 11) is 0. The molecule has 0 fully saturated rings. The van der Waals surface area contributed by atoms with Crippen LogP contribution in [0.1, 0.15) is 37.8 Å². The molecule has 2 aromatic carbocycles. The van der Waals surface area contributed by atoms with E-state index >= 15 is 0 Å². The molecule has 1 amide bonds. The average Bonchev–Trinajstić information content (AvgIpc) is 3.10. The summed E-state index contributed by atoms with van der Waals surface area (Å²) >= 11 is 5.94. The molecule has 6 heteroatoms. The lowest BCUT2D eigenvalue weighted by Gasteiger charge is -2.26. The van der Waals surface area contributed by atoms with Crippen LogP contribution in [0.2, 0.25) is 5.02 Å². The molecule has 1 heterocycles. The van der Waals surface area contributed by atoms with Crippen LogP contribution in [0.15, 0.2) is 53.7 Å². The van der Waals surface area contributed by atoms with Crippen molar-refractivity contribution < 1.29 is 14.0 Å². The third-order valence-electron chi connectivity index (χ3n) is 4.53. The van der Waals surface area contributed by atoms with E-state index in [0.717, 1.165) is 16.8 Å². The third-order valence-corrected chi connectivity index (χ3v) is 4.78. The van der Waals surface area contributed by atoms with Crippen LogP contribution in [0.25, 0.3) is 0 Å². The van der Waals surface area contributed by atoms with Crippen molar-refractivity contribution >= 4 is 23.2 Å². The highest BCUT2D eigenvalue weighted by molar-refractivity contribution is 6.30. The molecule has 1 atom stereocenters. The van der Waals surface area contributed by atoms with Gasteiger partial charge in [0.15, 0.2) is 6.10 Å². The van der Waals surface area contributed by atoms with Gasteiger partial charge in [0, 0.05) is 24.4 Å². The first-order valence-corrected chi connectivity index (χ1v) is 9.79. The lowest BCUT2D eigenvalue weighted by atomic mass is 10.0. The second kappa shape index (κ2) is 9.20. The maximum absolute atomic E-state index is 13.5. The summed E-state index contributed by atoms with van der Waals surface area (Å²) in [5, 5.41) is 4.85. The van der Waals surface area contributed by atoms with Gasteiger partial charge in [0.1, 0.15) is 5.82 Å². The minimum atomic E-state index is -0.306. The number of carbonyl (C=O) groups excluding carboxylic acids is 1. The van der Waals surface area contributed by atoms with Gasteiger partial charge in [-0.25, -0.2) is 4.39 Å². The van der Waals surface area contributed by atoms with Crippen molar-refractivity contribution in [3.63, 3.8) is 0 Å². The molecular weight excluding hydrogens is 379 g/mol. The lowest BCUT2D eigenvalue weighted by Crippen LogP contribution is -2.37. The van der Waals surface area contributed by atoms with E-state index in [1.165, 1.54) is 12.1 Å². The van der Waals surface area contributed by atoms with E-state index in [-0.39, 0.29) is 23.7 Å². The fourth-order valence-electron chi connectivity index (χ4n) is 3.17. The molecular formula is C22H24ClFN2O2. The maximum Gasteiger partial charge on any atom is 0.223 e. The van der Waals surface area contributed by atoms with Gasteiger partial charge in [-0.05, 0) is 41.3 Å². The summed E-state index contributed by atoms with van der Waals surface area (Å²) in [6, 6.07) is 13.8. The van der Waals surface area contributed by atoms with Crippen molar-refractivity contribution in [3.8, 4) is 0 Å². The fraction of sp³-hybridized carbons (Fsp3) is 0.364. The summed E-state index contributed by atoms with van der Waals surface area (Å²) < 4.78 is 13.5. The molecule has 28 heavy (non-hydrogen) atoms. The Hall–Kier alpha value is -2.40. The molecule has 0 unspecified atom stereocenters. The van der Waals surface area contributed by atoms with Gasteiger partial charge in [-0.3, -0.25) is 4.79 Å². The van der Waals surface area contributed by atoms with Gasteiger partial charge in [-0.15, -0.1) is 0 Å². The van der Waals surface area contributed by atoms with Crippen LogP contribution in [0.3, 0.4) is 0 Å². The number of hydrogen-bond donors (Lipinski definition) is 0. The van der Waals surface area contributed by atoms with E-state index in [0.29, 0.717) is 31.0 Å². The van der Waals surface area contributed by atoms with E-state index in [1.54, 1.807) is 11.0 Å². The minimum absolute atomic E-state index is 0.0304. The Morgan fingerprint density at radius 1 is 1.29 bits per heavy atom. The predicted octanol–water partition coefficient (Wildman–Crippen LogP) is 5.05. The number of carbonyl (C=O) groups is 1. The maximum atomic E-state index is 13.5. The Labute approximate surface area is 169 Å². The lowest BCUT2D eigenvalue weighted by molar-refractivity contribution is -0.134. The largest absolute Gasteiger partial charge is 0.390 e.